The number of rotatable bonds is 8. The van der Waals surface area contributed by atoms with Crippen molar-refractivity contribution in [3.05, 3.63) is 53.6 Å². The van der Waals surface area contributed by atoms with Gasteiger partial charge in [0.25, 0.3) is 0 Å². The van der Waals surface area contributed by atoms with Gasteiger partial charge in [-0.1, -0.05) is 63.3 Å². The van der Waals surface area contributed by atoms with E-state index in [1.54, 1.807) is 6.07 Å². The lowest BCUT2D eigenvalue weighted by Gasteiger charge is -2.42. The lowest BCUT2D eigenvalue weighted by Crippen LogP contribution is -2.30. The highest BCUT2D eigenvalue weighted by Crippen LogP contribution is 2.49. The van der Waals surface area contributed by atoms with Gasteiger partial charge in [-0.15, -0.1) is 0 Å². The molecular formula is C29H38F2O. The number of fused-ring (bicyclic) bond motifs is 2. The summed E-state index contributed by atoms with van der Waals surface area (Å²) in [5.41, 5.74) is 0.781. The first-order chi connectivity index (χ1) is 15.6. The van der Waals surface area contributed by atoms with Gasteiger partial charge in [0.1, 0.15) is 12.4 Å². The van der Waals surface area contributed by atoms with Gasteiger partial charge in [0.15, 0.2) is 11.6 Å². The summed E-state index contributed by atoms with van der Waals surface area (Å²) >= 11 is 0. The first-order valence-electron chi connectivity index (χ1n) is 12.8. The second kappa shape index (κ2) is 10.8. The Labute approximate surface area is 192 Å². The number of halogens is 2. The molecule has 2 aliphatic rings. The largest absolute Gasteiger partial charge is 0.486 e. The molecule has 0 saturated heterocycles. The molecule has 174 valence electrons. The maximum absolute atomic E-state index is 15.5. The van der Waals surface area contributed by atoms with Gasteiger partial charge in [-0.2, -0.15) is 0 Å². The van der Waals surface area contributed by atoms with Gasteiger partial charge in [0.2, 0.25) is 0 Å². The third-order valence-corrected chi connectivity index (χ3v) is 7.98. The molecule has 4 unspecified atom stereocenters. The average Bonchev–Trinajstić information content (AvgIpc) is 2.80. The van der Waals surface area contributed by atoms with Crippen LogP contribution in [0.4, 0.5) is 8.78 Å². The summed E-state index contributed by atoms with van der Waals surface area (Å²) in [6, 6.07) is 6.81. The van der Waals surface area contributed by atoms with E-state index < -0.39 is 5.82 Å². The molecule has 3 heteroatoms. The van der Waals surface area contributed by atoms with Crippen LogP contribution in [-0.2, 0) is 0 Å². The van der Waals surface area contributed by atoms with Gasteiger partial charge in [0.05, 0.1) is 0 Å². The fourth-order valence-corrected chi connectivity index (χ4v) is 6.18. The molecule has 0 aliphatic heterocycles. The summed E-state index contributed by atoms with van der Waals surface area (Å²) in [4.78, 5) is 0. The van der Waals surface area contributed by atoms with E-state index in [4.69, 9.17) is 4.74 Å². The van der Waals surface area contributed by atoms with E-state index in [1.165, 1.54) is 57.4 Å². The van der Waals surface area contributed by atoms with E-state index in [2.05, 4.69) is 6.92 Å². The van der Waals surface area contributed by atoms with Crippen LogP contribution < -0.4 is 4.74 Å². The zero-order valence-corrected chi connectivity index (χ0v) is 19.7. The van der Waals surface area contributed by atoms with Crippen molar-refractivity contribution in [1.29, 1.82) is 0 Å². The highest BCUT2D eigenvalue weighted by molar-refractivity contribution is 5.85. The first kappa shape index (κ1) is 23.3. The van der Waals surface area contributed by atoms with Crippen LogP contribution in [-0.4, -0.2) is 6.61 Å². The number of allylic oxidation sites excluding steroid dienone is 1. The SMILES string of the molecule is CC=CCOc1cc2ccc(C3CCC4CC(CCCCC)CCC4C3)c(F)c2cc1F. The van der Waals surface area contributed by atoms with Gasteiger partial charge in [0, 0.05) is 5.39 Å². The van der Waals surface area contributed by atoms with Crippen LogP contribution in [0.2, 0.25) is 0 Å². The van der Waals surface area contributed by atoms with Gasteiger partial charge in [-0.25, -0.2) is 8.78 Å². The van der Waals surface area contributed by atoms with Crippen molar-refractivity contribution in [2.24, 2.45) is 17.8 Å². The molecule has 2 saturated carbocycles. The summed E-state index contributed by atoms with van der Waals surface area (Å²) < 4.78 is 35.6. The molecule has 4 atom stereocenters. The highest BCUT2D eigenvalue weighted by Gasteiger charge is 2.36. The van der Waals surface area contributed by atoms with Crippen LogP contribution in [0, 0.1) is 29.4 Å². The quantitative estimate of drug-likeness (QED) is 0.294. The second-order valence-electron chi connectivity index (χ2n) is 10.1. The summed E-state index contributed by atoms with van der Waals surface area (Å²) in [5, 5.41) is 1.07. The predicted molar refractivity (Wildman–Crippen MR) is 129 cm³/mol. The minimum Gasteiger partial charge on any atom is -0.486 e. The van der Waals surface area contributed by atoms with Crippen LogP contribution in [0.5, 0.6) is 5.75 Å². The van der Waals surface area contributed by atoms with Crippen molar-refractivity contribution in [3.63, 3.8) is 0 Å². The summed E-state index contributed by atoms with van der Waals surface area (Å²) in [6.45, 7) is 4.48. The number of unbranched alkanes of at least 4 members (excludes halogenated alkanes) is 2. The van der Waals surface area contributed by atoms with E-state index in [0.29, 0.717) is 17.4 Å². The molecule has 2 aromatic rings. The van der Waals surface area contributed by atoms with E-state index in [-0.39, 0.29) is 17.5 Å². The lowest BCUT2D eigenvalue weighted by atomic mass is 9.63. The van der Waals surface area contributed by atoms with Gasteiger partial charge >= 0.3 is 0 Å². The monoisotopic (exact) mass is 440 g/mol. The topological polar surface area (TPSA) is 9.23 Å². The molecule has 2 aromatic carbocycles. The third-order valence-electron chi connectivity index (χ3n) is 7.98. The van der Waals surface area contributed by atoms with Crippen LogP contribution in [0.1, 0.15) is 89.5 Å². The normalized spacial score (nSPS) is 25.9. The summed E-state index contributed by atoms with van der Waals surface area (Å²) in [6.07, 6.45) is 16.5. The molecule has 0 spiro atoms. The van der Waals surface area contributed by atoms with Crippen molar-refractivity contribution >= 4 is 10.8 Å². The van der Waals surface area contributed by atoms with Crippen molar-refractivity contribution < 1.29 is 13.5 Å². The maximum Gasteiger partial charge on any atom is 0.165 e. The maximum atomic E-state index is 15.5. The predicted octanol–water partition coefficient (Wildman–Crippen LogP) is 8.95. The Morgan fingerprint density at radius 3 is 2.62 bits per heavy atom. The number of ether oxygens (including phenoxy) is 1. The van der Waals surface area contributed by atoms with Crippen LogP contribution in [0.25, 0.3) is 10.8 Å². The number of hydrogen-bond donors (Lipinski definition) is 0. The highest BCUT2D eigenvalue weighted by atomic mass is 19.1. The van der Waals surface area contributed by atoms with Gasteiger partial charge in [-0.05, 0) is 85.8 Å². The summed E-state index contributed by atoms with van der Waals surface area (Å²) in [5.74, 6) is 2.16. The minimum atomic E-state index is -0.497. The van der Waals surface area contributed by atoms with Gasteiger partial charge in [-0.3, -0.25) is 0 Å². The van der Waals surface area contributed by atoms with E-state index in [1.807, 2.05) is 31.2 Å². The number of hydrogen-bond acceptors (Lipinski definition) is 1. The Hall–Kier alpha value is -1.90. The second-order valence-corrected chi connectivity index (χ2v) is 10.1. The first-order valence-corrected chi connectivity index (χ1v) is 12.8. The third kappa shape index (κ3) is 5.18. The molecule has 4 rings (SSSR count). The van der Waals surface area contributed by atoms with Crippen LogP contribution in [0.3, 0.4) is 0 Å². The summed E-state index contributed by atoms with van der Waals surface area (Å²) in [7, 11) is 0. The molecule has 0 N–H and O–H groups in total. The molecule has 1 nitrogen and oxygen atoms in total. The Bertz CT molecular complexity index is 934. The fourth-order valence-electron chi connectivity index (χ4n) is 6.18. The Kier molecular flexibility index (Phi) is 7.86. The van der Waals surface area contributed by atoms with Crippen LogP contribution in [0.15, 0.2) is 36.4 Å². The van der Waals surface area contributed by atoms with Crippen molar-refractivity contribution in [2.75, 3.05) is 6.61 Å². The molecule has 0 radical (unpaired) electrons. The molecule has 0 heterocycles. The van der Waals surface area contributed by atoms with Gasteiger partial charge < -0.3 is 4.74 Å². The standard InChI is InChI=1S/C29H38F2O/c1-3-5-7-8-20-9-10-22-17-23(12-11-21(22)16-20)25-14-13-24-18-28(32-15-6-4-2)27(30)19-26(24)29(25)31/h4,6,13-14,18-23H,3,5,7-12,15-17H2,1-2H3. The van der Waals surface area contributed by atoms with Crippen LogP contribution >= 0.6 is 0 Å². The molecule has 0 bridgehead atoms. The molecule has 0 amide bonds. The van der Waals surface area contributed by atoms with E-state index >= 15 is 4.39 Å². The number of benzene rings is 2. The van der Waals surface area contributed by atoms with E-state index in [9.17, 15) is 4.39 Å². The smallest absolute Gasteiger partial charge is 0.165 e. The zero-order chi connectivity index (χ0) is 22.5. The van der Waals surface area contributed by atoms with Crippen molar-refractivity contribution in [3.8, 4) is 5.75 Å². The molecular weight excluding hydrogens is 402 g/mol. The molecule has 2 fully saturated rings. The molecule has 32 heavy (non-hydrogen) atoms. The Balaban J connectivity index is 1.45. The minimum absolute atomic E-state index is 0.180. The average molecular weight is 441 g/mol. The van der Waals surface area contributed by atoms with Crippen molar-refractivity contribution in [2.45, 2.75) is 84.0 Å². The Morgan fingerprint density at radius 1 is 1.00 bits per heavy atom. The van der Waals surface area contributed by atoms with E-state index in [0.717, 1.165) is 36.2 Å². The molecule has 2 aliphatic carbocycles. The van der Waals surface area contributed by atoms with Crippen molar-refractivity contribution in [1.82, 2.24) is 0 Å². The Morgan fingerprint density at radius 2 is 1.81 bits per heavy atom. The molecule has 0 aromatic heterocycles. The lowest BCUT2D eigenvalue weighted by molar-refractivity contribution is 0.112. The fraction of sp³-hybridized carbons (Fsp3) is 0.586. The zero-order valence-electron chi connectivity index (χ0n) is 19.7.